The molecule has 0 bridgehead atoms. The standard InChI is InChI=1S/C36H37N.2C2H6.Al/c1-7-9-11-28(10-8-2)29-16-14-26(5)33(21-29)34-22-30(17-15-27(34)6)31-18-19-36(37)35(23-31)32-20-24(3)12-13-25(32)4;2*1-2;/h8,10,12-15,17-23H,7,9,37H2,1-6H3;2*1-2H3;/b10-8-,28-11?;;;. The summed E-state index contributed by atoms with van der Waals surface area (Å²) in [4.78, 5) is 0. The second kappa shape index (κ2) is 15.2. The predicted octanol–water partition coefficient (Wildman–Crippen LogP) is 11.0. The number of aryl methyl sites for hydroxylation is 4. The molecular formula is C40H49AlN. The zero-order valence-electron chi connectivity index (χ0n) is 27.6. The Morgan fingerprint density at radius 2 is 1.21 bits per heavy atom. The van der Waals surface area contributed by atoms with Crippen molar-refractivity contribution in [3.63, 3.8) is 0 Å². The summed E-state index contributed by atoms with van der Waals surface area (Å²) in [5.74, 6) is 0. The summed E-state index contributed by atoms with van der Waals surface area (Å²) in [6.45, 7) is 21.2. The molecule has 1 nitrogen and oxygen atoms in total. The highest BCUT2D eigenvalue weighted by Crippen LogP contribution is 2.38. The van der Waals surface area contributed by atoms with Crippen molar-refractivity contribution in [1.82, 2.24) is 0 Å². The molecule has 2 heteroatoms. The maximum absolute atomic E-state index is 6.50. The molecule has 0 saturated carbocycles. The van der Waals surface area contributed by atoms with Gasteiger partial charge in [-0.3, -0.25) is 0 Å². The van der Waals surface area contributed by atoms with Gasteiger partial charge in [-0.15, -0.1) is 8.86 Å². The molecule has 42 heavy (non-hydrogen) atoms. The maximum Gasteiger partial charge on any atom is 0.293 e. The minimum Gasteiger partial charge on any atom is -0.398 e. The quantitative estimate of drug-likeness (QED) is 0.181. The zero-order chi connectivity index (χ0) is 31.0. The van der Waals surface area contributed by atoms with E-state index < -0.39 is 0 Å². The SMILES string of the molecule is C/C=C\C1=[C](CCC)[Al][c]2cc(C)c(-c3cc(-c4ccc(N)c(-c5cc(C)ccc5C)c4)ccc3C)cc21.CC.CC. The van der Waals surface area contributed by atoms with E-state index in [-0.39, 0.29) is 15.2 Å². The Morgan fingerprint density at radius 3 is 1.86 bits per heavy atom. The minimum absolute atomic E-state index is 0.207. The fourth-order valence-electron chi connectivity index (χ4n) is 5.74. The molecule has 0 aliphatic carbocycles. The first-order valence-corrected chi connectivity index (χ1v) is 16.9. The van der Waals surface area contributed by atoms with Gasteiger partial charge < -0.3 is 5.73 Å². The van der Waals surface area contributed by atoms with E-state index in [9.17, 15) is 0 Å². The highest BCUT2D eigenvalue weighted by Gasteiger charge is 2.23. The van der Waals surface area contributed by atoms with Crippen molar-refractivity contribution >= 4 is 30.9 Å². The van der Waals surface area contributed by atoms with Crippen LogP contribution < -0.4 is 10.2 Å². The zero-order valence-corrected chi connectivity index (χ0v) is 28.7. The number of anilines is 1. The predicted molar refractivity (Wildman–Crippen MR) is 191 cm³/mol. The van der Waals surface area contributed by atoms with Gasteiger partial charge in [0, 0.05) is 11.3 Å². The van der Waals surface area contributed by atoms with Crippen molar-refractivity contribution in [1.29, 1.82) is 0 Å². The Bertz CT molecular complexity index is 1600. The number of fused-ring (bicyclic) bond motifs is 1. The molecule has 0 amide bonds. The third-order valence-corrected chi connectivity index (χ3v) is 9.55. The molecule has 0 spiro atoms. The molecule has 217 valence electrons. The first-order chi connectivity index (χ1) is 20.3. The van der Waals surface area contributed by atoms with Crippen LogP contribution in [-0.4, -0.2) is 15.2 Å². The van der Waals surface area contributed by atoms with Crippen molar-refractivity contribution in [2.24, 2.45) is 0 Å². The summed E-state index contributed by atoms with van der Waals surface area (Å²) in [6, 6.07) is 24.9. The van der Waals surface area contributed by atoms with E-state index in [1.54, 1.807) is 8.86 Å². The molecular weight excluding hydrogens is 521 g/mol. The monoisotopic (exact) mass is 570 g/mol. The van der Waals surface area contributed by atoms with Gasteiger partial charge in [-0.2, -0.15) is 0 Å². The molecule has 1 radical (unpaired) electrons. The smallest absolute Gasteiger partial charge is 0.293 e. The van der Waals surface area contributed by atoms with Crippen molar-refractivity contribution in [2.45, 2.75) is 82.1 Å². The van der Waals surface area contributed by atoms with Gasteiger partial charge in [0.15, 0.2) is 0 Å². The molecule has 0 fully saturated rings. The molecule has 4 aromatic carbocycles. The lowest BCUT2D eigenvalue weighted by atomic mass is 9.89. The average molecular weight is 571 g/mol. The number of nitrogen functional groups attached to an aromatic ring is 1. The number of hydrogen-bond acceptors (Lipinski definition) is 1. The second-order valence-corrected chi connectivity index (χ2v) is 12.3. The molecule has 1 heterocycles. The lowest BCUT2D eigenvalue weighted by Gasteiger charge is -2.16. The molecule has 1 aliphatic rings. The van der Waals surface area contributed by atoms with Gasteiger partial charge in [-0.1, -0.05) is 101 Å². The van der Waals surface area contributed by atoms with Crippen LogP contribution in [0.25, 0.3) is 39.0 Å². The third kappa shape index (κ3) is 7.00. The number of hydrogen-bond donors (Lipinski definition) is 1. The minimum atomic E-state index is 0.207. The summed E-state index contributed by atoms with van der Waals surface area (Å²) in [5.41, 5.74) is 22.8. The molecule has 0 aromatic heterocycles. The lowest BCUT2D eigenvalue weighted by molar-refractivity contribution is 0.946. The molecule has 1 aliphatic heterocycles. The number of allylic oxidation sites excluding steroid dienone is 4. The summed E-state index contributed by atoms with van der Waals surface area (Å²) in [5, 5.41) is 0. The van der Waals surface area contributed by atoms with E-state index in [0.717, 1.165) is 11.3 Å². The van der Waals surface area contributed by atoms with Crippen LogP contribution in [0.1, 0.15) is 82.2 Å². The maximum atomic E-state index is 6.50. The van der Waals surface area contributed by atoms with Crippen LogP contribution in [0.5, 0.6) is 0 Å². The molecule has 0 atom stereocenters. The van der Waals surface area contributed by atoms with Crippen molar-refractivity contribution in [3.8, 4) is 33.4 Å². The van der Waals surface area contributed by atoms with E-state index in [0.29, 0.717) is 0 Å². The second-order valence-electron chi connectivity index (χ2n) is 10.7. The summed E-state index contributed by atoms with van der Waals surface area (Å²) in [6.07, 6.45) is 6.93. The summed E-state index contributed by atoms with van der Waals surface area (Å²) >= 11 is 0.207. The van der Waals surface area contributed by atoms with Crippen molar-refractivity contribution in [3.05, 3.63) is 111 Å². The van der Waals surface area contributed by atoms with E-state index in [2.05, 4.69) is 120 Å². The highest BCUT2D eigenvalue weighted by molar-refractivity contribution is 6.66. The Morgan fingerprint density at radius 1 is 0.643 bits per heavy atom. The van der Waals surface area contributed by atoms with Crippen LogP contribution in [0.3, 0.4) is 0 Å². The fraction of sp³-hybridized carbons (Fsp3) is 0.300. The van der Waals surface area contributed by atoms with Crippen LogP contribution in [0.2, 0.25) is 0 Å². The van der Waals surface area contributed by atoms with Gasteiger partial charge in [0.1, 0.15) is 0 Å². The molecule has 5 rings (SSSR count). The first-order valence-electron chi connectivity index (χ1n) is 15.7. The average Bonchev–Trinajstić information content (AvgIpc) is 3.32. The van der Waals surface area contributed by atoms with Gasteiger partial charge in [-0.05, 0) is 121 Å². The van der Waals surface area contributed by atoms with E-state index in [4.69, 9.17) is 5.73 Å². The normalized spacial score (nSPS) is 11.9. The van der Waals surface area contributed by atoms with E-state index in [1.807, 2.05) is 27.7 Å². The van der Waals surface area contributed by atoms with Crippen molar-refractivity contribution in [2.75, 3.05) is 5.73 Å². The Balaban J connectivity index is 0.00000116. The van der Waals surface area contributed by atoms with Gasteiger partial charge in [0.05, 0.1) is 0 Å². The van der Waals surface area contributed by atoms with Gasteiger partial charge in [0.25, 0.3) is 15.2 Å². The fourth-order valence-corrected chi connectivity index (χ4v) is 7.68. The van der Waals surface area contributed by atoms with Crippen LogP contribution in [-0.2, 0) is 0 Å². The number of benzene rings is 4. The number of nitrogens with two attached hydrogens (primary N) is 1. The van der Waals surface area contributed by atoms with E-state index in [1.165, 1.54) is 74.0 Å². The first kappa shape index (κ1) is 33.2. The largest absolute Gasteiger partial charge is 0.398 e. The molecule has 4 aromatic rings. The summed E-state index contributed by atoms with van der Waals surface area (Å²) in [7, 11) is 0. The Labute approximate surface area is 262 Å². The Hall–Kier alpha value is -3.31. The van der Waals surface area contributed by atoms with Crippen LogP contribution in [0.4, 0.5) is 5.69 Å². The van der Waals surface area contributed by atoms with Crippen molar-refractivity contribution < 1.29 is 0 Å². The van der Waals surface area contributed by atoms with Crippen LogP contribution in [0, 0.1) is 27.7 Å². The van der Waals surface area contributed by atoms with Gasteiger partial charge >= 0.3 is 0 Å². The topological polar surface area (TPSA) is 26.0 Å². The van der Waals surface area contributed by atoms with Gasteiger partial charge in [-0.25, -0.2) is 0 Å². The lowest BCUT2D eigenvalue weighted by Crippen LogP contribution is -2.15. The molecule has 2 N–H and O–H groups in total. The molecule has 0 saturated heterocycles. The van der Waals surface area contributed by atoms with Gasteiger partial charge in [0.2, 0.25) is 0 Å². The van der Waals surface area contributed by atoms with E-state index >= 15 is 0 Å². The molecule has 0 unspecified atom stereocenters. The number of rotatable bonds is 6. The summed E-state index contributed by atoms with van der Waals surface area (Å²) < 4.78 is 3.21. The van der Waals surface area contributed by atoms with Crippen LogP contribution in [0.15, 0.2) is 83.3 Å². The third-order valence-electron chi connectivity index (χ3n) is 7.81. The highest BCUT2D eigenvalue weighted by atomic mass is 27.1. The Kier molecular flexibility index (Phi) is 12.1. The van der Waals surface area contributed by atoms with Crippen LogP contribution >= 0.6 is 0 Å².